The standard InChI is InChI=1S/C27H23N3O/c1-30(2)25-10-11-26-22(17-25)8-9-23(27(26)31-3)16-24(18-28)20-6-4-19(5-7-20)21-12-14-29-15-13-21/h4-17H,1-3H3/b24-16+. The number of fused-ring (bicyclic) bond motifs is 1. The third-order valence-electron chi connectivity index (χ3n) is 5.33. The van der Waals surface area contributed by atoms with Gasteiger partial charge in [-0.1, -0.05) is 36.4 Å². The molecule has 1 heterocycles. The minimum Gasteiger partial charge on any atom is -0.495 e. The van der Waals surface area contributed by atoms with Crippen LogP contribution in [0, 0.1) is 11.3 Å². The van der Waals surface area contributed by atoms with E-state index in [9.17, 15) is 5.26 Å². The lowest BCUT2D eigenvalue weighted by Crippen LogP contribution is -2.08. The molecule has 31 heavy (non-hydrogen) atoms. The Balaban J connectivity index is 1.73. The second-order valence-corrected chi connectivity index (χ2v) is 7.47. The predicted molar refractivity (Wildman–Crippen MR) is 128 cm³/mol. The van der Waals surface area contributed by atoms with Gasteiger partial charge in [0.05, 0.1) is 18.8 Å². The van der Waals surface area contributed by atoms with Crippen molar-refractivity contribution in [2.24, 2.45) is 0 Å². The van der Waals surface area contributed by atoms with Gasteiger partial charge >= 0.3 is 0 Å². The van der Waals surface area contributed by atoms with Crippen LogP contribution in [0.15, 0.2) is 79.1 Å². The number of rotatable bonds is 5. The van der Waals surface area contributed by atoms with E-state index in [1.54, 1.807) is 19.5 Å². The summed E-state index contributed by atoms with van der Waals surface area (Å²) in [6, 6.07) is 24.6. The largest absolute Gasteiger partial charge is 0.495 e. The maximum Gasteiger partial charge on any atom is 0.133 e. The number of hydrogen-bond donors (Lipinski definition) is 0. The first-order valence-corrected chi connectivity index (χ1v) is 10.0. The van der Waals surface area contributed by atoms with Crippen LogP contribution in [0.25, 0.3) is 33.5 Å². The molecule has 0 saturated heterocycles. The zero-order chi connectivity index (χ0) is 21.8. The van der Waals surface area contributed by atoms with Gasteiger partial charge in [0.1, 0.15) is 5.75 Å². The number of allylic oxidation sites excluding steroid dienone is 1. The highest BCUT2D eigenvalue weighted by Gasteiger charge is 2.10. The van der Waals surface area contributed by atoms with Crippen LogP contribution in [0.4, 0.5) is 5.69 Å². The number of nitrogens with zero attached hydrogens (tertiary/aromatic N) is 3. The van der Waals surface area contributed by atoms with Crippen molar-refractivity contribution in [1.82, 2.24) is 4.98 Å². The second kappa shape index (κ2) is 8.73. The fourth-order valence-corrected chi connectivity index (χ4v) is 3.65. The molecule has 0 radical (unpaired) electrons. The van der Waals surface area contributed by atoms with Crippen molar-refractivity contribution in [2.75, 3.05) is 26.1 Å². The van der Waals surface area contributed by atoms with E-state index in [0.29, 0.717) is 5.57 Å². The van der Waals surface area contributed by atoms with Crippen LogP contribution in [0.5, 0.6) is 5.75 Å². The number of anilines is 1. The first-order chi connectivity index (χ1) is 15.1. The average molecular weight is 406 g/mol. The molecular formula is C27H23N3O. The lowest BCUT2D eigenvalue weighted by molar-refractivity contribution is 0.419. The summed E-state index contributed by atoms with van der Waals surface area (Å²) in [7, 11) is 5.71. The molecule has 4 heteroatoms. The molecule has 0 aliphatic rings. The summed E-state index contributed by atoms with van der Waals surface area (Å²) in [6.07, 6.45) is 5.44. The number of aromatic nitrogens is 1. The number of pyridine rings is 1. The van der Waals surface area contributed by atoms with E-state index in [2.05, 4.69) is 40.2 Å². The van der Waals surface area contributed by atoms with E-state index in [1.165, 1.54) is 0 Å². The minimum absolute atomic E-state index is 0.587. The summed E-state index contributed by atoms with van der Waals surface area (Å²) in [4.78, 5) is 6.13. The van der Waals surface area contributed by atoms with Gasteiger partial charge in [0.2, 0.25) is 0 Å². The average Bonchev–Trinajstić information content (AvgIpc) is 2.82. The molecule has 0 aliphatic carbocycles. The quantitative estimate of drug-likeness (QED) is 0.300. The number of hydrogen-bond acceptors (Lipinski definition) is 4. The molecule has 152 valence electrons. The van der Waals surface area contributed by atoms with Crippen LogP contribution < -0.4 is 9.64 Å². The first-order valence-electron chi connectivity index (χ1n) is 10.0. The molecule has 0 saturated carbocycles. The molecule has 0 amide bonds. The van der Waals surface area contributed by atoms with Crippen LogP contribution >= 0.6 is 0 Å². The number of ether oxygens (including phenoxy) is 1. The van der Waals surface area contributed by atoms with E-state index in [1.807, 2.05) is 62.6 Å². The van der Waals surface area contributed by atoms with Gasteiger partial charge in [-0.2, -0.15) is 5.26 Å². The van der Waals surface area contributed by atoms with Crippen LogP contribution in [-0.2, 0) is 0 Å². The second-order valence-electron chi connectivity index (χ2n) is 7.47. The monoisotopic (exact) mass is 405 g/mol. The highest BCUT2D eigenvalue weighted by molar-refractivity contribution is 5.98. The van der Waals surface area contributed by atoms with Crippen molar-refractivity contribution in [3.8, 4) is 22.9 Å². The third kappa shape index (κ3) is 4.12. The molecular weight excluding hydrogens is 382 g/mol. The number of benzene rings is 3. The van der Waals surface area contributed by atoms with Crippen molar-refractivity contribution in [3.63, 3.8) is 0 Å². The zero-order valence-electron chi connectivity index (χ0n) is 17.8. The van der Waals surface area contributed by atoms with E-state index in [0.717, 1.165) is 44.5 Å². The van der Waals surface area contributed by atoms with Crippen molar-refractivity contribution in [3.05, 3.63) is 90.3 Å². The Morgan fingerprint density at radius 1 is 0.935 bits per heavy atom. The van der Waals surface area contributed by atoms with Gasteiger partial charge in [0.25, 0.3) is 0 Å². The van der Waals surface area contributed by atoms with Gasteiger partial charge in [-0.25, -0.2) is 0 Å². The van der Waals surface area contributed by atoms with E-state index in [-0.39, 0.29) is 0 Å². The molecule has 0 aliphatic heterocycles. The Labute approximate surface area is 182 Å². The smallest absolute Gasteiger partial charge is 0.133 e. The highest BCUT2D eigenvalue weighted by atomic mass is 16.5. The fourth-order valence-electron chi connectivity index (χ4n) is 3.65. The van der Waals surface area contributed by atoms with Crippen LogP contribution in [-0.4, -0.2) is 26.2 Å². The van der Waals surface area contributed by atoms with Crippen LogP contribution in [0.2, 0.25) is 0 Å². The maximum absolute atomic E-state index is 9.83. The molecule has 0 N–H and O–H groups in total. The van der Waals surface area contributed by atoms with Crippen molar-refractivity contribution >= 4 is 28.1 Å². The van der Waals surface area contributed by atoms with E-state index >= 15 is 0 Å². The number of methoxy groups -OCH3 is 1. The SMILES string of the molecule is COc1c(/C=C(\C#N)c2ccc(-c3ccncc3)cc2)ccc2cc(N(C)C)ccc12. The van der Waals surface area contributed by atoms with E-state index in [4.69, 9.17) is 4.74 Å². The summed E-state index contributed by atoms with van der Waals surface area (Å²) >= 11 is 0. The zero-order valence-corrected chi connectivity index (χ0v) is 17.8. The maximum atomic E-state index is 9.83. The minimum atomic E-state index is 0.587. The van der Waals surface area contributed by atoms with E-state index < -0.39 is 0 Å². The van der Waals surface area contributed by atoms with Gasteiger partial charge in [-0.3, -0.25) is 4.98 Å². The Kier molecular flexibility index (Phi) is 5.68. The summed E-state index contributed by atoms with van der Waals surface area (Å²) in [6.45, 7) is 0. The number of nitriles is 1. The highest BCUT2D eigenvalue weighted by Crippen LogP contribution is 2.34. The lowest BCUT2D eigenvalue weighted by Gasteiger charge is -2.15. The molecule has 0 atom stereocenters. The Hall–Kier alpha value is -4.10. The molecule has 0 bridgehead atoms. The lowest BCUT2D eigenvalue weighted by atomic mass is 9.98. The Morgan fingerprint density at radius 3 is 2.29 bits per heavy atom. The molecule has 0 spiro atoms. The summed E-state index contributed by atoms with van der Waals surface area (Å²) in [5, 5.41) is 11.9. The van der Waals surface area contributed by atoms with Crippen LogP contribution in [0.3, 0.4) is 0 Å². The first kappa shape index (κ1) is 20.2. The summed E-state index contributed by atoms with van der Waals surface area (Å²) in [5.41, 5.74) is 5.64. The van der Waals surface area contributed by atoms with Gasteiger partial charge in [0.15, 0.2) is 0 Å². The van der Waals surface area contributed by atoms with Crippen molar-refractivity contribution in [2.45, 2.75) is 0 Å². The van der Waals surface area contributed by atoms with Gasteiger partial charge in [-0.05, 0) is 58.5 Å². The molecule has 3 aromatic carbocycles. The van der Waals surface area contributed by atoms with Gasteiger partial charge in [-0.15, -0.1) is 0 Å². The molecule has 0 fully saturated rings. The molecule has 4 nitrogen and oxygen atoms in total. The summed E-state index contributed by atoms with van der Waals surface area (Å²) < 4.78 is 5.74. The van der Waals surface area contributed by atoms with Crippen LogP contribution in [0.1, 0.15) is 11.1 Å². The van der Waals surface area contributed by atoms with Crippen molar-refractivity contribution < 1.29 is 4.74 Å². The normalized spacial score (nSPS) is 11.2. The predicted octanol–water partition coefficient (Wildman–Crippen LogP) is 6.04. The molecule has 4 rings (SSSR count). The Morgan fingerprint density at radius 2 is 1.65 bits per heavy atom. The Bertz CT molecular complexity index is 1280. The topological polar surface area (TPSA) is 49.1 Å². The van der Waals surface area contributed by atoms with Crippen molar-refractivity contribution in [1.29, 1.82) is 5.26 Å². The third-order valence-corrected chi connectivity index (χ3v) is 5.33. The van der Waals surface area contributed by atoms with Gasteiger partial charge < -0.3 is 9.64 Å². The molecule has 0 unspecified atom stereocenters. The molecule has 1 aromatic heterocycles. The molecule has 4 aromatic rings. The fraction of sp³-hybridized carbons (Fsp3) is 0.111. The summed E-state index contributed by atoms with van der Waals surface area (Å²) in [5.74, 6) is 0.768. The van der Waals surface area contributed by atoms with Gasteiger partial charge in [0, 0.05) is 43.1 Å².